The minimum absolute atomic E-state index is 0.0212. The van der Waals surface area contributed by atoms with Crippen LogP contribution in [0, 0.1) is 0 Å². The van der Waals surface area contributed by atoms with Crippen LogP contribution in [-0.4, -0.2) is 36.5 Å². The van der Waals surface area contributed by atoms with Gasteiger partial charge in [-0.1, -0.05) is 0 Å². The highest BCUT2D eigenvalue weighted by Crippen LogP contribution is 2.13. The molecule has 1 amide bonds. The molecule has 1 heterocycles. The van der Waals surface area contributed by atoms with Gasteiger partial charge >= 0.3 is 0 Å². The maximum Gasteiger partial charge on any atom is 0.232 e. The Balaban J connectivity index is 2.63. The van der Waals surface area contributed by atoms with E-state index in [1.165, 1.54) is 12.0 Å². The summed E-state index contributed by atoms with van der Waals surface area (Å²) in [5.74, 6) is -0.156. The number of hydrogen-bond acceptors (Lipinski definition) is 3. The van der Waals surface area contributed by atoms with Gasteiger partial charge in [0.25, 0.3) is 0 Å². The Kier molecular flexibility index (Phi) is 2.24. The molecular formula is C7H11NO3. The fourth-order valence-electron chi connectivity index (χ4n) is 1.11. The number of nitrogens with zero attached hydrogens (tertiary/aromatic N) is 1. The van der Waals surface area contributed by atoms with E-state index in [0.717, 1.165) is 0 Å². The summed E-state index contributed by atoms with van der Waals surface area (Å²) in [6.07, 6.45) is 0.0323. The van der Waals surface area contributed by atoms with E-state index in [1.54, 1.807) is 6.92 Å². The molecule has 1 atom stereocenters. The normalized spacial score (nSPS) is 24.9. The van der Waals surface area contributed by atoms with Crippen molar-refractivity contribution in [3.8, 4) is 0 Å². The zero-order valence-electron chi connectivity index (χ0n) is 6.66. The molecule has 0 spiro atoms. The van der Waals surface area contributed by atoms with Crippen molar-refractivity contribution in [2.45, 2.75) is 19.4 Å². The Labute approximate surface area is 65.1 Å². The molecule has 0 saturated carbocycles. The summed E-state index contributed by atoms with van der Waals surface area (Å²) in [7, 11) is 1.50. The van der Waals surface area contributed by atoms with Gasteiger partial charge < -0.3 is 9.64 Å². The average Bonchev–Trinajstić information content (AvgIpc) is 2.17. The first-order chi connectivity index (χ1) is 5.16. The van der Waals surface area contributed by atoms with E-state index in [1.807, 2.05) is 0 Å². The Morgan fingerprint density at radius 1 is 1.64 bits per heavy atom. The third kappa shape index (κ3) is 1.40. The van der Waals surface area contributed by atoms with E-state index in [0.29, 0.717) is 0 Å². The van der Waals surface area contributed by atoms with Crippen molar-refractivity contribution in [1.29, 1.82) is 0 Å². The van der Waals surface area contributed by atoms with Crippen molar-refractivity contribution in [3.05, 3.63) is 0 Å². The van der Waals surface area contributed by atoms with Gasteiger partial charge in [0.05, 0.1) is 12.5 Å². The zero-order chi connectivity index (χ0) is 8.43. The van der Waals surface area contributed by atoms with Gasteiger partial charge in [-0.25, -0.2) is 0 Å². The highest BCUT2D eigenvalue weighted by atomic mass is 16.5. The number of carbonyl (C=O) groups is 2. The van der Waals surface area contributed by atoms with Crippen molar-refractivity contribution in [2.75, 3.05) is 13.8 Å². The van der Waals surface area contributed by atoms with Crippen LogP contribution in [0.2, 0.25) is 0 Å². The molecular weight excluding hydrogens is 146 g/mol. The van der Waals surface area contributed by atoms with Gasteiger partial charge in [-0.15, -0.1) is 0 Å². The summed E-state index contributed by atoms with van der Waals surface area (Å²) in [6, 6.07) is -0.303. The molecule has 1 aliphatic rings. The minimum Gasteiger partial charge on any atom is -0.364 e. The average molecular weight is 157 g/mol. The predicted octanol–water partition coefficient (Wildman–Crippen LogP) is -0.220. The van der Waals surface area contributed by atoms with Crippen molar-refractivity contribution in [3.63, 3.8) is 0 Å². The van der Waals surface area contributed by atoms with Crippen LogP contribution in [0.1, 0.15) is 13.3 Å². The van der Waals surface area contributed by atoms with Crippen LogP contribution in [0.15, 0.2) is 0 Å². The van der Waals surface area contributed by atoms with Gasteiger partial charge in [0, 0.05) is 7.11 Å². The molecule has 1 fully saturated rings. The van der Waals surface area contributed by atoms with E-state index in [4.69, 9.17) is 4.74 Å². The SMILES string of the molecule is COCN1C(=O)CC(=O)C1C. The lowest BCUT2D eigenvalue weighted by Gasteiger charge is -2.18. The number of hydrogen-bond donors (Lipinski definition) is 0. The maximum atomic E-state index is 11.0. The summed E-state index contributed by atoms with van der Waals surface area (Å²) in [6.45, 7) is 1.93. The van der Waals surface area contributed by atoms with E-state index in [2.05, 4.69) is 0 Å². The summed E-state index contributed by atoms with van der Waals surface area (Å²) in [5, 5.41) is 0. The highest BCUT2D eigenvalue weighted by Gasteiger charge is 2.34. The second-order valence-corrected chi connectivity index (χ2v) is 2.60. The first-order valence-corrected chi connectivity index (χ1v) is 3.48. The van der Waals surface area contributed by atoms with Gasteiger partial charge in [0.1, 0.15) is 6.73 Å². The number of ketones is 1. The number of methoxy groups -OCH3 is 1. The molecule has 1 saturated heterocycles. The first-order valence-electron chi connectivity index (χ1n) is 3.48. The van der Waals surface area contributed by atoms with Crippen LogP contribution in [0.5, 0.6) is 0 Å². The molecule has 0 aromatic heterocycles. The van der Waals surface area contributed by atoms with Crippen LogP contribution in [0.3, 0.4) is 0 Å². The Morgan fingerprint density at radius 3 is 2.64 bits per heavy atom. The topological polar surface area (TPSA) is 46.6 Å². The molecule has 0 radical (unpaired) electrons. The number of amides is 1. The molecule has 0 bridgehead atoms. The molecule has 0 aromatic rings. The van der Waals surface area contributed by atoms with E-state index in [9.17, 15) is 9.59 Å². The molecule has 1 aliphatic heterocycles. The van der Waals surface area contributed by atoms with Crippen LogP contribution in [0.25, 0.3) is 0 Å². The summed E-state index contributed by atoms with van der Waals surface area (Å²) >= 11 is 0. The number of rotatable bonds is 2. The second kappa shape index (κ2) is 3.00. The molecule has 0 aliphatic carbocycles. The highest BCUT2D eigenvalue weighted by molar-refractivity contribution is 6.07. The molecule has 0 aromatic carbocycles. The Morgan fingerprint density at radius 2 is 2.27 bits per heavy atom. The van der Waals surface area contributed by atoms with Crippen LogP contribution in [-0.2, 0) is 14.3 Å². The number of ether oxygens (including phenoxy) is 1. The Bertz CT molecular complexity index is 190. The molecule has 1 unspecified atom stereocenters. The van der Waals surface area contributed by atoms with Crippen molar-refractivity contribution in [1.82, 2.24) is 4.90 Å². The molecule has 11 heavy (non-hydrogen) atoms. The van der Waals surface area contributed by atoms with E-state index >= 15 is 0 Å². The zero-order valence-corrected chi connectivity index (χ0v) is 6.66. The smallest absolute Gasteiger partial charge is 0.232 e. The minimum atomic E-state index is -0.303. The summed E-state index contributed by atoms with van der Waals surface area (Å²) in [5.41, 5.74) is 0. The lowest BCUT2D eigenvalue weighted by atomic mass is 10.2. The number of carbonyl (C=O) groups excluding carboxylic acids is 2. The quantitative estimate of drug-likeness (QED) is 0.520. The van der Waals surface area contributed by atoms with Gasteiger partial charge in [-0.2, -0.15) is 0 Å². The summed E-state index contributed by atoms with van der Waals surface area (Å²) in [4.78, 5) is 23.4. The fourth-order valence-corrected chi connectivity index (χ4v) is 1.11. The third-order valence-corrected chi connectivity index (χ3v) is 1.85. The standard InChI is InChI=1S/C7H11NO3/c1-5-6(9)3-7(10)8(5)4-11-2/h5H,3-4H2,1-2H3. The molecule has 62 valence electrons. The van der Waals surface area contributed by atoms with E-state index < -0.39 is 0 Å². The Hall–Kier alpha value is -0.900. The lowest BCUT2D eigenvalue weighted by molar-refractivity contribution is -0.133. The third-order valence-electron chi connectivity index (χ3n) is 1.85. The van der Waals surface area contributed by atoms with Gasteiger partial charge in [0.15, 0.2) is 5.78 Å². The molecule has 1 rings (SSSR count). The molecule has 4 nitrogen and oxygen atoms in total. The van der Waals surface area contributed by atoms with Gasteiger partial charge in [-0.05, 0) is 6.92 Å². The van der Waals surface area contributed by atoms with E-state index in [-0.39, 0.29) is 30.9 Å². The molecule has 4 heteroatoms. The van der Waals surface area contributed by atoms with Crippen LogP contribution < -0.4 is 0 Å². The number of likely N-dealkylation sites (tertiary alicyclic amines) is 1. The molecule has 0 N–H and O–H groups in total. The van der Waals surface area contributed by atoms with Crippen molar-refractivity contribution in [2.24, 2.45) is 0 Å². The van der Waals surface area contributed by atoms with Crippen LogP contribution >= 0.6 is 0 Å². The van der Waals surface area contributed by atoms with Crippen molar-refractivity contribution >= 4 is 11.7 Å². The number of Topliss-reactive ketones (excluding diaryl/α,β-unsaturated/α-hetero) is 1. The van der Waals surface area contributed by atoms with Crippen LogP contribution in [0.4, 0.5) is 0 Å². The second-order valence-electron chi connectivity index (χ2n) is 2.60. The fraction of sp³-hybridized carbons (Fsp3) is 0.714. The largest absolute Gasteiger partial charge is 0.364 e. The first kappa shape index (κ1) is 8.20. The monoisotopic (exact) mass is 157 g/mol. The van der Waals surface area contributed by atoms with Gasteiger partial charge in [-0.3, -0.25) is 9.59 Å². The van der Waals surface area contributed by atoms with Gasteiger partial charge in [0.2, 0.25) is 5.91 Å². The van der Waals surface area contributed by atoms with Crippen molar-refractivity contribution < 1.29 is 14.3 Å². The predicted molar refractivity (Wildman–Crippen MR) is 37.8 cm³/mol. The lowest BCUT2D eigenvalue weighted by Crippen LogP contribution is -2.34. The maximum absolute atomic E-state index is 11.0. The summed E-state index contributed by atoms with van der Waals surface area (Å²) < 4.78 is 4.77.